The van der Waals surface area contributed by atoms with Gasteiger partial charge in [0.05, 0.1) is 21.9 Å². The predicted octanol–water partition coefficient (Wildman–Crippen LogP) is 7.92. The Bertz CT molecular complexity index is 1650. The summed E-state index contributed by atoms with van der Waals surface area (Å²) in [5.74, 6) is -0.597. The Kier molecular flexibility index (Phi) is 11.3. The van der Waals surface area contributed by atoms with Gasteiger partial charge in [-0.1, -0.05) is 65.7 Å². The van der Waals surface area contributed by atoms with Crippen LogP contribution in [0.5, 0.6) is 5.75 Å². The lowest BCUT2D eigenvalue weighted by Gasteiger charge is -2.15. The molecule has 0 aromatic heterocycles. The van der Waals surface area contributed by atoms with Crippen molar-refractivity contribution in [2.45, 2.75) is 24.0 Å². The number of hydrogen-bond donors (Lipinski definition) is 3. The van der Waals surface area contributed by atoms with Gasteiger partial charge in [-0.2, -0.15) is 0 Å². The van der Waals surface area contributed by atoms with Crippen molar-refractivity contribution in [2.24, 2.45) is 0 Å². The van der Waals surface area contributed by atoms with Crippen molar-refractivity contribution in [3.8, 4) is 5.75 Å². The fraction of sp³-hybridized carbons (Fsp3) is 0.121. The van der Waals surface area contributed by atoms with Gasteiger partial charge in [-0.25, -0.2) is 0 Å². The first-order chi connectivity index (χ1) is 20.7. The van der Waals surface area contributed by atoms with Gasteiger partial charge < -0.3 is 20.7 Å². The molecule has 3 amide bonds. The van der Waals surface area contributed by atoms with E-state index in [4.69, 9.17) is 27.9 Å². The number of benzene rings is 4. The van der Waals surface area contributed by atoms with Crippen molar-refractivity contribution in [2.75, 3.05) is 17.2 Å². The lowest BCUT2D eigenvalue weighted by Crippen LogP contribution is -2.30. The minimum atomic E-state index is -0.525. The van der Waals surface area contributed by atoms with E-state index in [0.29, 0.717) is 44.9 Å². The number of carbonyl (C=O) groups excluding carboxylic acids is 3. The molecule has 0 aliphatic carbocycles. The summed E-state index contributed by atoms with van der Waals surface area (Å²) in [5, 5.41) is 8.72. The number of carbonyl (C=O) groups is 3. The van der Waals surface area contributed by atoms with Gasteiger partial charge >= 0.3 is 0 Å². The highest BCUT2D eigenvalue weighted by Crippen LogP contribution is 2.29. The van der Waals surface area contributed by atoms with Gasteiger partial charge in [0.2, 0.25) is 5.91 Å². The number of rotatable bonds is 11. The van der Waals surface area contributed by atoms with Crippen LogP contribution in [-0.4, -0.2) is 29.6 Å². The van der Waals surface area contributed by atoms with Crippen molar-refractivity contribution in [1.82, 2.24) is 5.32 Å². The van der Waals surface area contributed by atoms with E-state index < -0.39 is 17.1 Å². The third-order valence-corrected chi connectivity index (χ3v) is 7.84. The highest BCUT2D eigenvalue weighted by Gasteiger charge is 2.18. The normalized spacial score (nSPS) is 11.8. The molecule has 0 bridgehead atoms. The van der Waals surface area contributed by atoms with E-state index in [0.717, 1.165) is 4.90 Å². The molecule has 1 unspecified atom stereocenters. The van der Waals surface area contributed by atoms with Crippen LogP contribution in [0.3, 0.4) is 0 Å². The second-order valence-corrected chi connectivity index (χ2v) is 11.4. The summed E-state index contributed by atoms with van der Waals surface area (Å²) in [6.07, 6.45) is 1.58. The van der Waals surface area contributed by atoms with Crippen molar-refractivity contribution < 1.29 is 19.1 Å². The second-order valence-electron chi connectivity index (χ2n) is 9.21. The fourth-order valence-electron chi connectivity index (χ4n) is 3.91. The minimum absolute atomic E-state index is 0.0356. The maximum absolute atomic E-state index is 13.5. The van der Waals surface area contributed by atoms with Crippen LogP contribution in [0.4, 0.5) is 11.4 Å². The van der Waals surface area contributed by atoms with E-state index in [1.165, 1.54) is 11.8 Å². The summed E-state index contributed by atoms with van der Waals surface area (Å²) < 4.78 is 5.71. The van der Waals surface area contributed by atoms with E-state index in [1.54, 1.807) is 91.9 Å². The molecule has 0 radical (unpaired) electrons. The standard InChI is InChI=1S/C33H29Cl2N3O4S/c1-3-42-30-15-8-7-12-23(30)18-29(38-32(40)22-10-5-4-6-11-22)33(41)37-24-13-9-14-26(19-24)43-21(2)31(39)36-25-16-17-27(34)28(35)20-25/h4-21H,3H2,1-2H3,(H,36,39)(H,37,41)(H,38,40)/b29-18+. The highest BCUT2D eigenvalue weighted by molar-refractivity contribution is 8.00. The molecule has 0 heterocycles. The summed E-state index contributed by atoms with van der Waals surface area (Å²) >= 11 is 13.3. The SMILES string of the molecule is CCOc1ccccc1/C=C(/NC(=O)c1ccccc1)C(=O)Nc1cccc(SC(C)C(=O)Nc2ccc(Cl)c(Cl)c2)c1. The molecular formula is C33H29Cl2N3O4S. The number of nitrogens with one attached hydrogen (secondary N) is 3. The molecule has 0 saturated heterocycles. The zero-order valence-electron chi connectivity index (χ0n) is 23.4. The van der Waals surface area contributed by atoms with Crippen LogP contribution in [0.2, 0.25) is 10.0 Å². The first kappa shape index (κ1) is 31.7. The molecule has 4 rings (SSSR count). The van der Waals surface area contributed by atoms with Crippen LogP contribution in [0.1, 0.15) is 29.8 Å². The zero-order valence-corrected chi connectivity index (χ0v) is 25.7. The van der Waals surface area contributed by atoms with Crippen molar-refractivity contribution >= 4 is 70.1 Å². The Morgan fingerprint density at radius 2 is 1.56 bits per heavy atom. The quantitative estimate of drug-likeness (QED) is 0.115. The van der Waals surface area contributed by atoms with E-state index in [9.17, 15) is 14.4 Å². The number of thioether (sulfide) groups is 1. The van der Waals surface area contributed by atoms with Crippen LogP contribution in [-0.2, 0) is 9.59 Å². The Labute approximate surface area is 264 Å². The molecule has 1 atom stereocenters. The topological polar surface area (TPSA) is 96.5 Å². The fourth-order valence-corrected chi connectivity index (χ4v) is 5.13. The highest BCUT2D eigenvalue weighted by atomic mass is 35.5. The summed E-state index contributed by atoms with van der Waals surface area (Å²) in [6, 6.07) is 27.9. The first-order valence-corrected chi connectivity index (χ1v) is 15.0. The molecule has 0 aliphatic heterocycles. The Morgan fingerprint density at radius 1 is 0.837 bits per heavy atom. The number of hydrogen-bond acceptors (Lipinski definition) is 5. The minimum Gasteiger partial charge on any atom is -0.493 e. The van der Waals surface area contributed by atoms with Gasteiger partial charge in [0.1, 0.15) is 11.4 Å². The first-order valence-electron chi connectivity index (χ1n) is 13.4. The van der Waals surface area contributed by atoms with Crippen LogP contribution in [0, 0.1) is 0 Å². The van der Waals surface area contributed by atoms with Crippen LogP contribution in [0.15, 0.2) is 108 Å². The summed E-state index contributed by atoms with van der Waals surface area (Å²) in [5.41, 5.74) is 2.11. The van der Waals surface area contributed by atoms with Gasteiger partial charge in [-0.05, 0) is 74.5 Å². The van der Waals surface area contributed by atoms with Gasteiger partial charge in [0, 0.05) is 27.4 Å². The number of para-hydroxylation sites is 1. The second kappa shape index (κ2) is 15.3. The summed E-state index contributed by atoms with van der Waals surface area (Å²) in [7, 11) is 0. The molecule has 3 N–H and O–H groups in total. The lowest BCUT2D eigenvalue weighted by atomic mass is 10.1. The molecule has 7 nitrogen and oxygen atoms in total. The maximum Gasteiger partial charge on any atom is 0.272 e. The van der Waals surface area contributed by atoms with Gasteiger partial charge in [0.25, 0.3) is 11.8 Å². The Morgan fingerprint density at radius 3 is 2.30 bits per heavy atom. The molecule has 220 valence electrons. The molecule has 0 spiro atoms. The molecule has 0 fully saturated rings. The predicted molar refractivity (Wildman–Crippen MR) is 175 cm³/mol. The van der Waals surface area contributed by atoms with E-state index >= 15 is 0 Å². The molecule has 43 heavy (non-hydrogen) atoms. The van der Waals surface area contributed by atoms with Gasteiger partial charge in [-0.15, -0.1) is 11.8 Å². The number of anilines is 2. The molecule has 10 heteroatoms. The average Bonchev–Trinajstić information content (AvgIpc) is 3.00. The van der Waals surface area contributed by atoms with E-state index in [-0.39, 0.29) is 11.6 Å². The molecular weight excluding hydrogens is 605 g/mol. The third-order valence-electron chi connectivity index (χ3n) is 6.01. The summed E-state index contributed by atoms with van der Waals surface area (Å²) in [6.45, 7) is 4.09. The third kappa shape index (κ3) is 9.12. The molecule has 0 aliphatic rings. The van der Waals surface area contributed by atoms with E-state index in [2.05, 4.69) is 16.0 Å². The molecule has 0 saturated carbocycles. The Hall–Kier alpha value is -4.24. The van der Waals surface area contributed by atoms with Crippen LogP contribution in [0.25, 0.3) is 6.08 Å². The van der Waals surface area contributed by atoms with Crippen LogP contribution < -0.4 is 20.7 Å². The maximum atomic E-state index is 13.5. The number of halogens is 2. The number of ether oxygens (including phenoxy) is 1. The van der Waals surface area contributed by atoms with E-state index in [1.807, 2.05) is 25.1 Å². The Balaban J connectivity index is 1.51. The smallest absolute Gasteiger partial charge is 0.272 e. The van der Waals surface area contributed by atoms with Gasteiger partial charge in [0.15, 0.2) is 0 Å². The lowest BCUT2D eigenvalue weighted by molar-refractivity contribution is -0.115. The van der Waals surface area contributed by atoms with Crippen molar-refractivity contribution in [3.63, 3.8) is 0 Å². The monoisotopic (exact) mass is 633 g/mol. The molecule has 4 aromatic carbocycles. The largest absolute Gasteiger partial charge is 0.493 e. The average molecular weight is 635 g/mol. The molecule has 4 aromatic rings. The van der Waals surface area contributed by atoms with Crippen molar-refractivity contribution in [3.05, 3.63) is 124 Å². The number of amides is 3. The summed E-state index contributed by atoms with van der Waals surface area (Å²) in [4.78, 5) is 40.1. The van der Waals surface area contributed by atoms with Gasteiger partial charge in [-0.3, -0.25) is 14.4 Å². The zero-order chi connectivity index (χ0) is 30.8. The van der Waals surface area contributed by atoms with Crippen molar-refractivity contribution in [1.29, 1.82) is 0 Å². The van der Waals surface area contributed by atoms with Crippen LogP contribution >= 0.6 is 35.0 Å².